The Balaban J connectivity index is 1.91. The Morgan fingerprint density at radius 2 is 1.23 bits per heavy atom. The Kier molecular flexibility index (Phi) is 13.8. The van der Waals surface area contributed by atoms with Crippen molar-refractivity contribution in [3.63, 3.8) is 0 Å². The molecule has 2 heterocycles. The van der Waals surface area contributed by atoms with Crippen molar-refractivity contribution in [3.05, 3.63) is 53.6 Å². The number of benzene rings is 2. The zero-order valence-electron chi connectivity index (χ0n) is 35.3. The highest BCUT2D eigenvalue weighted by Gasteiger charge is 2.56. The van der Waals surface area contributed by atoms with Gasteiger partial charge in [0.05, 0.1) is 45.7 Å². The van der Waals surface area contributed by atoms with E-state index in [0.29, 0.717) is 23.7 Å². The van der Waals surface area contributed by atoms with Crippen molar-refractivity contribution in [2.45, 2.75) is 133 Å². The number of carbonyl (C=O) groups excluding carboxylic acids is 4. The first-order valence-electron chi connectivity index (χ1n) is 19.3. The predicted molar refractivity (Wildman–Crippen MR) is 210 cm³/mol. The number of ether oxygens (including phenoxy) is 6. The van der Waals surface area contributed by atoms with Gasteiger partial charge < -0.3 is 38.6 Å². The van der Waals surface area contributed by atoms with Crippen LogP contribution in [0, 0.1) is 21.7 Å². The number of aromatic hydroxyl groups is 1. The average Bonchev–Trinajstić information content (AvgIpc) is 3.44. The number of phenols is 1. The van der Waals surface area contributed by atoms with E-state index in [2.05, 4.69) is 0 Å². The Hall–Kier alpha value is -4.69. The summed E-state index contributed by atoms with van der Waals surface area (Å²) in [5, 5.41) is 25.1. The molecule has 1 aromatic heterocycles. The van der Waals surface area contributed by atoms with Crippen molar-refractivity contribution >= 4 is 34.8 Å². The van der Waals surface area contributed by atoms with Gasteiger partial charge in [-0.3, -0.25) is 23.9 Å². The van der Waals surface area contributed by atoms with Gasteiger partial charge in [-0.25, -0.2) is 0 Å². The highest BCUT2D eigenvalue weighted by Crippen LogP contribution is 2.37. The van der Waals surface area contributed by atoms with E-state index in [1.54, 1.807) is 99.9 Å². The van der Waals surface area contributed by atoms with Gasteiger partial charge in [0.2, 0.25) is 18.3 Å². The van der Waals surface area contributed by atoms with Gasteiger partial charge in [0.1, 0.15) is 18.5 Å². The number of phenolic OH excluding ortho intramolecular Hbond substituents is 1. The molecule has 0 saturated carbocycles. The number of rotatable bonds is 12. The summed E-state index contributed by atoms with van der Waals surface area (Å²) >= 11 is 0. The molecule has 0 bridgehead atoms. The molecule has 4 rings (SSSR count). The minimum atomic E-state index is -1.55. The number of aryl methyl sites for hydroxylation is 2. The monoisotopic (exact) mass is 796 g/mol. The van der Waals surface area contributed by atoms with Gasteiger partial charge >= 0.3 is 23.9 Å². The van der Waals surface area contributed by atoms with Crippen molar-refractivity contribution in [3.8, 4) is 11.6 Å². The molecule has 5 atom stereocenters. The fraction of sp³-hybridized carbons (Fsp3) is 0.605. The summed E-state index contributed by atoms with van der Waals surface area (Å²) in [5.41, 5.74) is -1.56. The smallest absolute Gasteiger partial charge is 0.311 e. The van der Waals surface area contributed by atoms with E-state index < -0.39 is 82.8 Å². The standard InChI is InChI=1S/C43H60N2O12/c1-40(2,3)36(48)52-24-29-31(54-37(49)41(4,5)6)32(55-38(50)42(7,8)9)33(56-39(51)43(10,11)12)35(53-29)57-34-30-26(19-16-25-17-20-27(47)21-18-25)14-13-15-28(30)45(44-34)22-23-46/h13-15,17-18,20-21,29,31-33,35,46-47H,16,19,22-24H2,1-12H3/t29-,31-,32+,33-,35+/m1/s1. The predicted octanol–water partition coefficient (Wildman–Crippen LogP) is 6.09. The van der Waals surface area contributed by atoms with Crippen molar-refractivity contribution < 1.29 is 57.8 Å². The zero-order valence-corrected chi connectivity index (χ0v) is 35.3. The summed E-state index contributed by atoms with van der Waals surface area (Å²) < 4.78 is 38.8. The molecule has 14 heteroatoms. The molecule has 0 radical (unpaired) electrons. The number of hydrogen-bond acceptors (Lipinski definition) is 13. The second-order valence-corrected chi connectivity index (χ2v) is 18.6. The Labute approximate surface area is 335 Å². The van der Waals surface area contributed by atoms with Crippen LogP contribution < -0.4 is 4.74 Å². The zero-order chi connectivity index (χ0) is 42.7. The van der Waals surface area contributed by atoms with Gasteiger partial charge in [-0.05, 0) is 125 Å². The number of carbonyl (C=O) groups is 4. The molecular weight excluding hydrogens is 736 g/mol. The third-order valence-electron chi connectivity index (χ3n) is 9.14. The van der Waals surface area contributed by atoms with Crippen LogP contribution in [0.15, 0.2) is 42.5 Å². The van der Waals surface area contributed by atoms with Crippen molar-refractivity contribution in [2.24, 2.45) is 21.7 Å². The van der Waals surface area contributed by atoms with E-state index in [1.165, 1.54) is 0 Å². The molecule has 2 aromatic carbocycles. The largest absolute Gasteiger partial charge is 0.508 e. The molecule has 0 unspecified atom stereocenters. The third kappa shape index (κ3) is 11.5. The number of aliphatic hydroxyl groups is 1. The van der Waals surface area contributed by atoms with E-state index in [0.717, 1.165) is 11.1 Å². The lowest BCUT2D eigenvalue weighted by molar-refractivity contribution is -0.294. The van der Waals surface area contributed by atoms with Crippen LogP contribution in [0.2, 0.25) is 0 Å². The molecule has 0 amide bonds. The molecular formula is C43H60N2O12. The average molecular weight is 797 g/mol. The van der Waals surface area contributed by atoms with Crippen molar-refractivity contribution in [2.75, 3.05) is 13.2 Å². The molecule has 14 nitrogen and oxygen atoms in total. The number of fused-ring (bicyclic) bond motifs is 1. The lowest BCUT2D eigenvalue weighted by atomic mass is 9.93. The first-order chi connectivity index (χ1) is 26.3. The minimum absolute atomic E-state index is 0.0676. The van der Waals surface area contributed by atoms with E-state index in [9.17, 15) is 29.4 Å². The highest BCUT2D eigenvalue weighted by molar-refractivity contribution is 5.88. The van der Waals surface area contributed by atoms with Crippen LogP contribution >= 0.6 is 0 Å². The number of esters is 4. The van der Waals surface area contributed by atoms with Gasteiger partial charge in [-0.15, -0.1) is 5.10 Å². The molecule has 1 aliphatic heterocycles. The number of aliphatic hydroxyl groups excluding tert-OH is 1. The Morgan fingerprint density at radius 1 is 0.702 bits per heavy atom. The number of hydrogen-bond donors (Lipinski definition) is 2. The van der Waals surface area contributed by atoms with Crippen LogP contribution in [0.5, 0.6) is 11.6 Å². The maximum absolute atomic E-state index is 13.7. The molecule has 2 N–H and O–H groups in total. The summed E-state index contributed by atoms with van der Waals surface area (Å²) in [6.07, 6.45) is -6.18. The molecule has 314 valence electrons. The minimum Gasteiger partial charge on any atom is -0.508 e. The number of aromatic nitrogens is 2. The summed E-state index contributed by atoms with van der Waals surface area (Å²) in [7, 11) is 0. The van der Waals surface area contributed by atoms with Gasteiger partial charge in [-0.2, -0.15) is 0 Å². The second-order valence-electron chi connectivity index (χ2n) is 18.6. The third-order valence-corrected chi connectivity index (χ3v) is 9.14. The van der Waals surface area contributed by atoms with Crippen LogP contribution in [-0.2, 0) is 62.2 Å². The second kappa shape index (κ2) is 17.4. The molecule has 0 spiro atoms. The SMILES string of the molecule is CC(C)(C)C(=O)OC[C@H]1O[C@@H](Oc2nn(CCO)c3cccc(CCc4ccc(O)cc4)c23)[C@H](OC(=O)C(C)(C)C)[C@@H](OC(=O)C(C)(C)C)[C@@H]1OC(=O)C(C)(C)C. The number of nitrogens with zero attached hydrogens (tertiary/aromatic N) is 2. The molecule has 1 aliphatic rings. The lowest BCUT2D eigenvalue weighted by Gasteiger charge is -2.45. The quantitative estimate of drug-likeness (QED) is 0.159. The molecule has 0 aliphatic carbocycles. The maximum Gasteiger partial charge on any atom is 0.311 e. The van der Waals surface area contributed by atoms with Gasteiger partial charge in [0.15, 0.2) is 12.2 Å². The molecule has 1 fully saturated rings. The normalized spacial score (nSPS) is 20.5. The van der Waals surface area contributed by atoms with Crippen LogP contribution in [0.4, 0.5) is 0 Å². The summed E-state index contributed by atoms with van der Waals surface area (Å²) in [4.78, 5) is 54.1. The first kappa shape index (κ1) is 45.0. The Morgan fingerprint density at radius 3 is 1.75 bits per heavy atom. The summed E-state index contributed by atoms with van der Waals surface area (Å²) in [6, 6.07) is 12.5. The maximum atomic E-state index is 13.7. The van der Waals surface area contributed by atoms with Crippen LogP contribution in [0.1, 0.15) is 94.2 Å². The fourth-order valence-electron chi connectivity index (χ4n) is 5.65. The van der Waals surface area contributed by atoms with E-state index in [1.807, 2.05) is 30.3 Å². The van der Waals surface area contributed by atoms with E-state index >= 15 is 0 Å². The lowest BCUT2D eigenvalue weighted by Crippen LogP contribution is -2.65. The molecule has 3 aromatic rings. The highest BCUT2D eigenvalue weighted by atomic mass is 16.7. The first-order valence-corrected chi connectivity index (χ1v) is 19.3. The van der Waals surface area contributed by atoms with Crippen molar-refractivity contribution in [1.82, 2.24) is 9.78 Å². The van der Waals surface area contributed by atoms with Gasteiger partial charge in [0.25, 0.3) is 0 Å². The molecule has 1 saturated heterocycles. The van der Waals surface area contributed by atoms with E-state index in [-0.39, 0.29) is 24.8 Å². The van der Waals surface area contributed by atoms with Gasteiger partial charge in [0, 0.05) is 0 Å². The van der Waals surface area contributed by atoms with Gasteiger partial charge in [-0.1, -0.05) is 24.3 Å². The van der Waals surface area contributed by atoms with E-state index in [4.69, 9.17) is 33.5 Å². The van der Waals surface area contributed by atoms with Crippen LogP contribution in [0.3, 0.4) is 0 Å². The topological polar surface area (TPSA) is 182 Å². The van der Waals surface area contributed by atoms with Crippen LogP contribution in [-0.4, -0.2) is 87.8 Å². The fourth-order valence-corrected chi connectivity index (χ4v) is 5.65. The molecule has 57 heavy (non-hydrogen) atoms. The summed E-state index contributed by atoms with van der Waals surface area (Å²) in [5.74, 6) is -2.40. The van der Waals surface area contributed by atoms with Crippen LogP contribution in [0.25, 0.3) is 10.9 Å². The summed E-state index contributed by atoms with van der Waals surface area (Å²) in [6.45, 7) is 19.4. The Bertz CT molecular complexity index is 1890. The van der Waals surface area contributed by atoms with Crippen molar-refractivity contribution in [1.29, 1.82) is 0 Å².